The summed E-state index contributed by atoms with van der Waals surface area (Å²) in [5.74, 6) is 1.56. The number of halogens is 1. The molecule has 0 aromatic carbocycles. The van der Waals surface area contributed by atoms with Crippen LogP contribution in [0.25, 0.3) is 11.5 Å². The maximum absolute atomic E-state index is 4.66. The number of aromatic nitrogens is 3. The van der Waals surface area contributed by atoms with Crippen LogP contribution in [-0.2, 0) is 6.42 Å². The number of anilines is 1. The molecule has 0 saturated heterocycles. The molecule has 1 N–H and O–H groups in total. The van der Waals surface area contributed by atoms with Crippen molar-refractivity contribution < 1.29 is 0 Å². The monoisotopic (exact) mass is 368 g/mol. The van der Waals surface area contributed by atoms with E-state index in [9.17, 15) is 0 Å². The van der Waals surface area contributed by atoms with E-state index in [1.54, 1.807) is 6.20 Å². The highest BCUT2D eigenvalue weighted by Crippen LogP contribution is 2.24. The summed E-state index contributed by atoms with van der Waals surface area (Å²) in [4.78, 5) is 13.6. The topological polar surface area (TPSA) is 50.7 Å². The van der Waals surface area contributed by atoms with Crippen LogP contribution < -0.4 is 5.32 Å². The molecule has 100 valence electrons. The Kier molecular flexibility index (Phi) is 4.68. The second kappa shape index (κ2) is 6.27. The predicted molar refractivity (Wildman–Crippen MR) is 86.3 cm³/mol. The van der Waals surface area contributed by atoms with Crippen molar-refractivity contribution in [3.8, 4) is 11.5 Å². The highest BCUT2D eigenvalue weighted by Gasteiger charge is 2.12. The molecule has 2 heterocycles. The second-order valence-electron chi connectivity index (χ2n) is 4.37. The number of nitrogens with one attached hydrogen (secondary N) is 1. The zero-order valence-corrected chi connectivity index (χ0v) is 13.5. The van der Waals surface area contributed by atoms with Gasteiger partial charge in [-0.15, -0.1) is 0 Å². The van der Waals surface area contributed by atoms with Gasteiger partial charge in [0.05, 0.1) is 9.26 Å². The van der Waals surface area contributed by atoms with Gasteiger partial charge in [0, 0.05) is 13.2 Å². The first-order chi connectivity index (χ1) is 9.15. The van der Waals surface area contributed by atoms with Gasteiger partial charge in [0.2, 0.25) is 0 Å². The van der Waals surface area contributed by atoms with Crippen LogP contribution in [0.15, 0.2) is 18.3 Å². The molecule has 2 rings (SSSR count). The molecule has 0 fully saturated rings. The molecule has 0 unspecified atom stereocenters. The van der Waals surface area contributed by atoms with Crippen LogP contribution >= 0.6 is 22.6 Å². The number of nitrogens with zero attached hydrogens (tertiary/aromatic N) is 3. The van der Waals surface area contributed by atoms with Crippen molar-refractivity contribution in [1.29, 1.82) is 0 Å². The lowest BCUT2D eigenvalue weighted by atomic mass is 10.2. The minimum atomic E-state index is 0.692. The van der Waals surface area contributed by atoms with E-state index in [1.807, 2.05) is 26.1 Å². The van der Waals surface area contributed by atoms with Crippen molar-refractivity contribution in [1.82, 2.24) is 15.0 Å². The van der Waals surface area contributed by atoms with E-state index in [4.69, 9.17) is 0 Å². The number of rotatable bonds is 4. The Balaban J connectivity index is 2.54. The van der Waals surface area contributed by atoms with Crippen LogP contribution in [0.1, 0.15) is 24.6 Å². The summed E-state index contributed by atoms with van der Waals surface area (Å²) in [7, 11) is 1.88. The van der Waals surface area contributed by atoms with E-state index < -0.39 is 0 Å². The molecule has 0 spiro atoms. The quantitative estimate of drug-likeness (QED) is 0.840. The van der Waals surface area contributed by atoms with E-state index in [-0.39, 0.29) is 0 Å². The van der Waals surface area contributed by atoms with Gasteiger partial charge in [0.1, 0.15) is 11.5 Å². The minimum Gasteiger partial charge on any atom is -0.372 e. The van der Waals surface area contributed by atoms with Gasteiger partial charge in [-0.2, -0.15) is 0 Å². The zero-order valence-electron chi connectivity index (χ0n) is 11.4. The third kappa shape index (κ3) is 3.20. The fourth-order valence-electron chi connectivity index (χ4n) is 1.83. The van der Waals surface area contributed by atoms with E-state index in [0.717, 1.165) is 39.2 Å². The summed E-state index contributed by atoms with van der Waals surface area (Å²) >= 11 is 2.30. The van der Waals surface area contributed by atoms with Crippen molar-refractivity contribution in [2.75, 3.05) is 12.4 Å². The maximum atomic E-state index is 4.66. The molecule has 0 atom stereocenters. The number of hydrogen-bond acceptors (Lipinski definition) is 4. The summed E-state index contributed by atoms with van der Waals surface area (Å²) in [5.41, 5.74) is 3.07. The standard InChI is InChI=1S/C14H17IN4/c1-4-5-10-12(15)14(16-3)19-13(18-10)11-8-9(2)6-7-17-11/h6-8H,4-5H2,1-3H3,(H,16,18,19). The molecule has 0 radical (unpaired) electrons. The Morgan fingerprint density at radius 2 is 2.11 bits per heavy atom. The first-order valence-corrected chi connectivity index (χ1v) is 7.40. The predicted octanol–water partition coefficient (Wildman–Crippen LogP) is 3.45. The lowest BCUT2D eigenvalue weighted by molar-refractivity contribution is 0.866. The van der Waals surface area contributed by atoms with Crippen molar-refractivity contribution >= 4 is 28.4 Å². The highest BCUT2D eigenvalue weighted by atomic mass is 127. The van der Waals surface area contributed by atoms with Crippen LogP contribution in [0.4, 0.5) is 5.82 Å². The normalized spacial score (nSPS) is 10.5. The molecule has 0 aliphatic carbocycles. The Morgan fingerprint density at radius 3 is 2.74 bits per heavy atom. The SMILES string of the molecule is CCCc1nc(-c2cc(C)ccn2)nc(NC)c1I. The smallest absolute Gasteiger partial charge is 0.180 e. The van der Waals surface area contributed by atoms with Crippen LogP contribution in [0.2, 0.25) is 0 Å². The molecule has 5 heteroatoms. The van der Waals surface area contributed by atoms with Gasteiger partial charge in [-0.05, 0) is 53.6 Å². The van der Waals surface area contributed by atoms with Gasteiger partial charge in [0.15, 0.2) is 5.82 Å². The van der Waals surface area contributed by atoms with Crippen molar-refractivity contribution in [3.05, 3.63) is 33.2 Å². The molecule has 0 aliphatic rings. The second-order valence-corrected chi connectivity index (χ2v) is 5.45. The lowest BCUT2D eigenvalue weighted by Gasteiger charge is -2.10. The summed E-state index contributed by atoms with van der Waals surface area (Å²) in [6, 6.07) is 3.99. The first kappa shape index (κ1) is 14.2. The largest absolute Gasteiger partial charge is 0.372 e. The summed E-state index contributed by atoms with van der Waals surface area (Å²) < 4.78 is 1.10. The van der Waals surface area contributed by atoms with Gasteiger partial charge in [0.25, 0.3) is 0 Å². The molecular formula is C14H17IN4. The minimum absolute atomic E-state index is 0.692. The van der Waals surface area contributed by atoms with Gasteiger partial charge < -0.3 is 5.32 Å². The molecule has 19 heavy (non-hydrogen) atoms. The summed E-state index contributed by atoms with van der Waals surface area (Å²) in [6.07, 6.45) is 3.82. The van der Waals surface area contributed by atoms with E-state index in [1.165, 1.54) is 0 Å². The number of aryl methyl sites for hydroxylation is 2. The third-order valence-electron chi connectivity index (χ3n) is 2.79. The molecular weight excluding hydrogens is 351 g/mol. The zero-order chi connectivity index (χ0) is 13.8. The maximum Gasteiger partial charge on any atom is 0.180 e. The number of pyridine rings is 1. The van der Waals surface area contributed by atoms with E-state index in [0.29, 0.717) is 5.82 Å². The van der Waals surface area contributed by atoms with E-state index in [2.05, 4.69) is 49.8 Å². The van der Waals surface area contributed by atoms with Crippen LogP contribution in [-0.4, -0.2) is 22.0 Å². The molecule has 0 aliphatic heterocycles. The average molecular weight is 368 g/mol. The third-order valence-corrected chi connectivity index (χ3v) is 3.92. The molecule has 0 amide bonds. The molecule has 4 nitrogen and oxygen atoms in total. The molecule has 0 saturated carbocycles. The molecule has 0 bridgehead atoms. The van der Waals surface area contributed by atoms with Crippen molar-refractivity contribution in [3.63, 3.8) is 0 Å². The molecule has 2 aromatic rings. The number of hydrogen-bond donors (Lipinski definition) is 1. The van der Waals surface area contributed by atoms with Crippen LogP contribution in [0.3, 0.4) is 0 Å². The van der Waals surface area contributed by atoms with Gasteiger partial charge in [-0.1, -0.05) is 13.3 Å². The highest BCUT2D eigenvalue weighted by molar-refractivity contribution is 14.1. The fraction of sp³-hybridized carbons (Fsp3) is 0.357. The van der Waals surface area contributed by atoms with E-state index >= 15 is 0 Å². The van der Waals surface area contributed by atoms with Crippen molar-refractivity contribution in [2.24, 2.45) is 0 Å². The summed E-state index contributed by atoms with van der Waals surface area (Å²) in [6.45, 7) is 4.20. The van der Waals surface area contributed by atoms with Gasteiger partial charge >= 0.3 is 0 Å². The molecule has 2 aromatic heterocycles. The lowest BCUT2D eigenvalue weighted by Crippen LogP contribution is -2.06. The van der Waals surface area contributed by atoms with Gasteiger partial charge in [-0.3, -0.25) is 4.98 Å². The Labute approximate surface area is 127 Å². The van der Waals surface area contributed by atoms with Crippen molar-refractivity contribution in [2.45, 2.75) is 26.7 Å². The van der Waals surface area contributed by atoms with Crippen LogP contribution in [0.5, 0.6) is 0 Å². The Bertz CT molecular complexity index is 584. The summed E-state index contributed by atoms with van der Waals surface area (Å²) in [5, 5.41) is 3.13. The average Bonchev–Trinajstić information content (AvgIpc) is 2.41. The first-order valence-electron chi connectivity index (χ1n) is 6.33. The fourth-order valence-corrected chi connectivity index (χ4v) is 2.62. The van der Waals surface area contributed by atoms with Gasteiger partial charge in [-0.25, -0.2) is 9.97 Å². The Hall–Kier alpha value is -1.24. The van der Waals surface area contributed by atoms with Crippen LogP contribution in [0, 0.1) is 10.5 Å². The Morgan fingerprint density at radius 1 is 1.32 bits per heavy atom.